The van der Waals surface area contributed by atoms with Gasteiger partial charge >= 0.3 is 0 Å². The molecule has 2 aliphatic rings. The first-order chi connectivity index (χ1) is 10.8. The Balaban J connectivity index is 2.04. The SMILES string of the molecule is CC(C)C(c1ccccc1)(C1CCCCC1)C1CCCCC1. The number of hydrogen-bond acceptors (Lipinski definition) is 0. The van der Waals surface area contributed by atoms with Crippen LogP contribution in [0.15, 0.2) is 30.3 Å². The minimum atomic E-state index is 0.433. The van der Waals surface area contributed by atoms with Crippen LogP contribution in [-0.4, -0.2) is 0 Å². The van der Waals surface area contributed by atoms with Crippen molar-refractivity contribution in [1.29, 1.82) is 0 Å². The summed E-state index contributed by atoms with van der Waals surface area (Å²) < 4.78 is 0. The van der Waals surface area contributed by atoms with Crippen LogP contribution in [0.1, 0.15) is 83.6 Å². The molecule has 0 atom stereocenters. The third-order valence-electron chi connectivity index (χ3n) is 6.79. The summed E-state index contributed by atoms with van der Waals surface area (Å²) in [5.41, 5.74) is 2.09. The van der Waals surface area contributed by atoms with Gasteiger partial charge in [-0.25, -0.2) is 0 Å². The molecule has 122 valence electrons. The molecule has 0 bridgehead atoms. The summed E-state index contributed by atoms with van der Waals surface area (Å²) in [6.07, 6.45) is 14.6. The molecule has 0 N–H and O–H groups in total. The van der Waals surface area contributed by atoms with Crippen LogP contribution in [0.4, 0.5) is 0 Å². The lowest BCUT2D eigenvalue weighted by molar-refractivity contribution is 0.0556. The molecule has 0 aromatic heterocycles. The van der Waals surface area contributed by atoms with Gasteiger partial charge in [0.2, 0.25) is 0 Å². The summed E-state index contributed by atoms with van der Waals surface area (Å²) >= 11 is 0. The standard InChI is InChI=1S/C22H34/c1-18(2)22(19-12-6-3-7-13-19,20-14-8-4-9-15-20)21-16-10-5-11-17-21/h3,6-7,12-13,18,20-21H,4-5,8-11,14-17H2,1-2H3. The van der Waals surface area contributed by atoms with E-state index in [1.165, 1.54) is 64.2 Å². The largest absolute Gasteiger partial charge is 0.0622 e. The average Bonchev–Trinajstić information content (AvgIpc) is 2.58. The van der Waals surface area contributed by atoms with Gasteiger partial charge in [-0.3, -0.25) is 0 Å². The fraction of sp³-hybridized carbons (Fsp3) is 0.727. The molecule has 3 rings (SSSR count). The predicted molar refractivity (Wildman–Crippen MR) is 96.1 cm³/mol. The second kappa shape index (κ2) is 7.20. The van der Waals surface area contributed by atoms with E-state index in [0.29, 0.717) is 5.41 Å². The molecule has 2 fully saturated rings. The van der Waals surface area contributed by atoms with Crippen LogP contribution in [0, 0.1) is 17.8 Å². The maximum Gasteiger partial charge on any atom is 0.00324 e. The lowest BCUT2D eigenvalue weighted by Gasteiger charge is -2.53. The van der Waals surface area contributed by atoms with E-state index in [2.05, 4.69) is 44.2 Å². The maximum atomic E-state index is 2.51. The van der Waals surface area contributed by atoms with E-state index in [-0.39, 0.29) is 0 Å². The minimum absolute atomic E-state index is 0.433. The highest BCUT2D eigenvalue weighted by Crippen LogP contribution is 2.54. The molecule has 0 radical (unpaired) electrons. The number of rotatable bonds is 4. The van der Waals surface area contributed by atoms with Gasteiger partial charge in [0.15, 0.2) is 0 Å². The van der Waals surface area contributed by atoms with Crippen molar-refractivity contribution in [3.8, 4) is 0 Å². The van der Waals surface area contributed by atoms with E-state index in [9.17, 15) is 0 Å². The van der Waals surface area contributed by atoms with Crippen LogP contribution in [0.5, 0.6) is 0 Å². The fourth-order valence-corrected chi connectivity index (χ4v) is 5.97. The predicted octanol–water partition coefficient (Wildman–Crippen LogP) is 6.74. The molecule has 0 nitrogen and oxygen atoms in total. The molecule has 0 amide bonds. The highest BCUT2D eigenvalue weighted by Gasteiger charge is 2.48. The molecule has 0 heteroatoms. The van der Waals surface area contributed by atoms with Gasteiger partial charge in [-0.2, -0.15) is 0 Å². The van der Waals surface area contributed by atoms with Gasteiger partial charge in [-0.15, -0.1) is 0 Å². The Kier molecular flexibility index (Phi) is 5.26. The highest BCUT2D eigenvalue weighted by atomic mass is 14.5. The normalized spacial score (nSPS) is 22.1. The zero-order chi connectivity index (χ0) is 15.4. The first kappa shape index (κ1) is 16.1. The van der Waals surface area contributed by atoms with Crippen LogP contribution in [0.25, 0.3) is 0 Å². The van der Waals surface area contributed by atoms with Crippen LogP contribution in [0.2, 0.25) is 0 Å². The molecule has 2 aliphatic carbocycles. The van der Waals surface area contributed by atoms with Gasteiger partial charge in [0.25, 0.3) is 0 Å². The summed E-state index contributed by atoms with van der Waals surface area (Å²) in [5.74, 6) is 2.57. The monoisotopic (exact) mass is 298 g/mol. The molecule has 1 aromatic carbocycles. The van der Waals surface area contributed by atoms with E-state index >= 15 is 0 Å². The Hall–Kier alpha value is -0.780. The second-order valence-corrected chi connectivity index (χ2v) is 8.12. The Bertz CT molecular complexity index is 414. The van der Waals surface area contributed by atoms with Gasteiger partial charge in [0.05, 0.1) is 0 Å². The average molecular weight is 299 g/mol. The van der Waals surface area contributed by atoms with Gasteiger partial charge in [0.1, 0.15) is 0 Å². The fourth-order valence-electron chi connectivity index (χ4n) is 5.97. The third kappa shape index (κ3) is 2.86. The third-order valence-corrected chi connectivity index (χ3v) is 6.79. The summed E-state index contributed by atoms with van der Waals surface area (Å²) in [5, 5.41) is 0. The molecule has 0 heterocycles. The highest BCUT2D eigenvalue weighted by molar-refractivity contribution is 5.29. The maximum absolute atomic E-state index is 2.51. The van der Waals surface area contributed by atoms with E-state index in [1.807, 2.05) is 0 Å². The zero-order valence-corrected chi connectivity index (χ0v) is 14.7. The van der Waals surface area contributed by atoms with Gasteiger partial charge < -0.3 is 0 Å². The smallest absolute Gasteiger partial charge is 0.00324 e. The van der Waals surface area contributed by atoms with Crippen molar-refractivity contribution >= 4 is 0 Å². The Morgan fingerprint density at radius 3 is 1.59 bits per heavy atom. The molecule has 2 saturated carbocycles. The Morgan fingerprint density at radius 2 is 1.18 bits per heavy atom. The van der Waals surface area contributed by atoms with Gasteiger partial charge in [-0.05, 0) is 49.0 Å². The van der Waals surface area contributed by atoms with Crippen molar-refractivity contribution in [3.63, 3.8) is 0 Å². The van der Waals surface area contributed by atoms with Crippen LogP contribution in [0.3, 0.4) is 0 Å². The van der Waals surface area contributed by atoms with E-state index in [1.54, 1.807) is 5.56 Å². The summed E-state index contributed by atoms with van der Waals surface area (Å²) in [6, 6.07) is 11.6. The minimum Gasteiger partial charge on any atom is -0.0622 e. The first-order valence-corrected chi connectivity index (χ1v) is 9.81. The van der Waals surface area contributed by atoms with Crippen LogP contribution < -0.4 is 0 Å². The van der Waals surface area contributed by atoms with Gasteiger partial charge in [0, 0.05) is 5.41 Å². The summed E-state index contributed by atoms with van der Waals surface area (Å²) in [7, 11) is 0. The summed E-state index contributed by atoms with van der Waals surface area (Å²) in [6.45, 7) is 5.02. The lowest BCUT2D eigenvalue weighted by atomic mass is 9.51. The molecule has 0 unspecified atom stereocenters. The molecule has 1 aromatic rings. The lowest BCUT2D eigenvalue weighted by Crippen LogP contribution is -2.48. The van der Waals surface area contributed by atoms with Crippen LogP contribution >= 0.6 is 0 Å². The van der Waals surface area contributed by atoms with Crippen molar-refractivity contribution < 1.29 is 0 Å². The molecule has 0 spiro atoms. The zero-order valence-electron chi connectivity index (χ0n) is 14.7. The quantitative estimate of drug-likeness (QED) is 0.577. The molecule has 0 saturated heterocycles. The Labute approximate surface area is 137 Å². The van der Waals surface area contributed by atoms with Gasteiger partial charge in [-0.1, -0.05) is 82.7 Å². The molecular formula is C22H34. The van der Waals surface area contributed by atoms with Crippen molar-refractivity contribution in [2.45, 2.75) is 83.5 Å². The molecule has 0 aliphatic heterocycles. The van der Waals surface area contributed by atoms with E-state index in [0.717, 1.165) is 17.8 Å². The number of benzene rings is 1. The van der Waals surface area contributed by atoms with Crippen molar-refractivity contribution in [3.05, 3.63) is 35.9 Å². The van der Waals surface area contributed by atoms with E-state index in [4.69, 9.17) is 0 Å². The summed E-state index contributed by atoms with van der Waals surface area (Å²) in [4.78, 5) is 0. The van der Waals surface area contributed by atoms with Crippen molar-refractivity contribution in [2.24, 2.45) is 17.8 Å². The topological polar surface area (TPSA) is 0 Å². The number of hydrogen-bond donors (Lipinski definition) is 0. The van der Waals surface area contributed by atoms with Crippen molar-refractivity contribution in [1.82, 2.24) is 0 Å². The molecular weight excluding hydrogens is 264 g/mol. The van der Waals surface area contributed by atoms with Crippen LogP contribution in [-0.2, 0) is 5.41 Å². The van der Waals surface area contributed by atoms with Crippen molar-refractivity contribution in [2.75, 3.05) is 0 Å². The molecule has 22 heavy (non-hydrogen) atoms. The Morgan fingerprint density at radius 1 is 0.727 bits per heavy atom. The first-order valence-electron chi connectivity index (χ1n) is 9.81. The van der Waals surface area contributed by atoms with E-state index < -0.39 is 0 Å². The second-order valence-electron chi connectivity index (χ2n) is 8.12.